The van der Waals surface area contributed by atoms with E-state index in [-0.39, 0.29) is 4.90 Å². The summed E-state index contributed by atoms with van der Waals surface area (Å²) in [6, 6.07) is 0.850. The summed E-state index contributed by atoms with van der Waals surface area (Å²) in [7, 11) is 0. The molecule has 1 aromatic rings. The Morgan fingerprint density at radius 2 is 2.00 bits per heavy atom. The van der Waals surface area contributed by atoms with Crippen LogP contribution in [0.5, 0.6) is 0 Å². The van der Waals surface area contributed by atoms with Crippen LogP contribution in [0.1, 0.15) is 0 Å². The second kappa shape index (κ2) is 3.13. The highest BCUT2D eigenvalue weighted by Gasteiger charge is 2.10. The minimum atomic E-state index is -1.39. The molecule has 0 radical (unpaired) electrons. The number of hydrogen-bond donors (Lipinski definition) is 0. The lowest BCUT2D eigenvalue weighted by Gasteiger charge is -1.98. The van der Waals surface area contributed by atoms with Crippen molar-refractivity contribution in [2.24, 2.45) is 0 Å². The van der Waals surface area contributed by atoms with Crippen LogP contribution < -0.4 is 0 Å². The summed E-state index contributed by atoms with van der Waals surface area (Å²) in [6.45, 7) is 0. The number of rotatable bonds is 1. The Labute approximate surface area is 65.6 Å². The summed E-state index contributed by atoms with van der Waals surface area (Å²) in [5, 5.41) is 0. The highest BCUT2D eigenvalue weighted by molar-refractivity contribution is 7.98. The largest absolute Gasteiger partial charge is 0.252 e. The van der Waals surface area contributed by atoms with E-state index in [1.54, 1.807) is 0 Å². The second-order valence-corrected chi connectivity index (χ2v) is 2.60. The van der Waals surface area contributed by atoms with Gasteiger partial charge < -0.3 is 0 Å². The van der Waals surface area contributed by atoms with Crippen LogP contribution in [0.4, 0.5) is 13.2 Å². The quantitative estimate of drug-likeness (QED) is 0.484. The maximum atomic E-state index is 12.6. The van der Waals surface area contributed by atoms with E-state index in [2.05, 4.69) is 4.98 Å². The van der Waals surface area contributed by atoms with Gasteiger partial charge in [0, 0.05) is 6.07 Å². The summed E-state index contributed by atoms with van der Waals surface area (Å²) in [4.78, 5) is 2.59. The highest BCUT2D eigenvalue weighted by Crippen LogP contribution is 2.20. The molecule has 1 nitrogen and oxygen atoms in total. The lowest BCUT2D eigenvalue weighted by atomic mass is 10.4. The average Bonchev–Trinajstić information content (AvgIpc) is 1.96. The van der Waals surface area contributed by atoms with Crippen molar-refractivity contribution in [3.63, 3.8) is 0 Å². The predicted octanol–water partition coefficient (Wildman–Crippen LogP) is 2.22. The van der Waals surface area contributed by atoms with Crippen molar-refractivity contribution in [1.82, 2.24) is 4.98 Å². The van der Waals surface area contributed by atoms with E-state index in [0.717, 1.165) is 17.8 Å². The van der Waals surface area contributed by atoms with Gasteiger partial charge in [0.25, 0.3) is 5.95 Å². The van der Waals surface area contributed by atoms with Crippen molar-refractivity contribution in [3.8, 4) is 0 Å². The van der Waals surface area contributed by atoms with Crippen molar-refractivity contribution >= 4 is 11.8 Å². The van der Waals surface area contributed by atoms with Gasteiger partial charge in [-0.2, -0.15) is 13.8 Å². The van der Waals surface area contributed by atoms with Crippen molar-refractivity contribution in [2.45, 2.75) is 4.90 Å². The fraction of sp³-hybridized carbons (Fsp3) is 0.167. The monoisotopic (exact) mass is 179 g/mol. The molecule has 5 heteroatoms. The number of nitrogens with zero attached hydrogens (tertiary/aromatic N) is 1. The molecular formula is C6H4F3NS. The molecule has 0 aliphatic heterocycles. The molecule has 1 rings (SSSR count). The molecule has 0 aliphatic rings. The second-order valence-electron chi connectivity index (χ2n) is 1.75. The predicted molar refractivity (Wildman–Crippen MR) is 35.9 cm³/mol. The van der Waals surface area contributed by atoms with Crippen LogP contribution in [0, 0.1) is 17.7 Å². The van der Waals surface area contributed by atoms with Crippen LogP contribution in [0.3, 0.4) is 0 Å². The molecule has 11 heavy (non-hydrogen) atoms. The lowest BCUT2D eigenvalue weighted by Crippen LogP contribution is -1.95. The van der Waals surface area contributed by atoms with E-state index in [1.165, 1.54) is 6.26 Å². The van der Waals surface area contributed by atoms with Gasteiger partial charge >= 0.3 is 0 Å². The Kier molecular flexibility index (Phi) is 2.38. The zero-order valence-electron chi connectivity index (χ0n) is 5.57. The fourth-order valence-corrected chi connectivity index (χ4v) is 1.08. The number of hydrogen-bond acceptors (Lipinski definition) is 2. The van der Waals surface area contributed by atoms with Gasteiger partial charge in [0.15, 0.2) is 5.82 Å². The summed E-state index contributed by atoms with van der Waals surface area (Å²) in [6.07, 6.45) is 1.53. The van der Waals surface area contributed by atoms with Crippen molar-refractivity contribution in [2.75, 3.05) is 6.26 Å². The third-order valence-electron chi connectivity index (χ3n) is 1.07. The van der Waals surface area contributed by atoms with Crippen molar-refractivity contribution in [3.05, 3.63) is 23.8 Å². The van der Waals surface area contributed by atoms with Crippen LogP contribution in [0.2, 0.25) is 0 Å². The third kappa shape index (κ3) is 1.65. The minimum Gasteiger partial charge on any atom is -0.201 e. The van der Waals surface area contributed by atoms with Gasteiger partial charge in [-0.05, 0) is 6.26 Å². The van der Waals surface area contributed by atoms with Gasteiger partial charge in [-0.3, -0.25) is 0 Å². The zero-order valence-corrected chi connectivity index (χ0v) is 6.38. The first-order valence-electron chi connectivity index (χ1n) is 2.70. The zero-order chi connectivity index (χ0) is 8.43. The van der Waals surface area contributed by atoms with E-state index >= 15 is 0 Å². The van der Waals surface area contributed by atoms with Crippen LogP contribution in [0.25, 0.3) is 0 Å². The Balaban J connectivity index is 3.24. The van der Waals surface area contributed by atoms with Gasteiger partial charge in [-0.15, -0.1) is 11.8 Å². The minimum absolute atomic E-state index is 0.0741. The van der Waals surface area contributed by atoms with Crippen molar-refractivity contribution in [1.29, 1.82) is 0 Å². The van der Waals surface area contributed by atoms with Gasteiger partial charge in [-0.25, -0.2) is 4.39 Å². The van der Waals surface area contributed by atoms with Gasteiger partial charge in [-0.1, -0.05) is 0 Å². The first-order valence-corrected chi connectivity index (χ1v) is 3.93. The number of aromatic nitrogens is 1. The van der Waals surface area contributed by atoms with E-state index in [0.29, 0.717) is 0 Å². The van der Waals surface area contributed by atoms with Crippen molar-refractivity contribution < 1.29 is 13.2 Å². The molecule has 0 spiro atoms. The average molecular weight is 179 g/mol. The molecule has 1 heterocycles. The molecular weight excluding hydrogens is 175 g/mol. The Morgan fingerprint density at radius 1 is 1.36 bits per heavy atom. The normalized spacial score (nSPS) is 10.2. The van der Waals surface area contributed by atoms with E-state index in [9.17, 15) is 13.2 Å². The summed E-state index contributed by atoms with van der Waals surface area (Å²) < 4.78 is 37.1. The molecule has 0 saturated heterocycles. The lowest BCUT2D eigenvalue weighted by molar-refractivity contribution is 0.432. The standard InChI is InChI=1S/C6H4F3NS/c1-11-3-2-4(7)10-6(9)5(3)8/h2H,1H3. The van der Waals surface area contributed by atoms with E-state index < -0.39 is 17.7 Å². The molecule has 0 aromatic carbocycles. The summed E-state index contributed by atoms with van der Waals surface area (Å²) >= 11 is 0.929. The highest BCUT2D eigenvalue weighted by atomic mass is 32.2. The Morgan fingerprint density at radius 3 is 2.55 bits per heavy atom. The first-order chi connectivity index (χ1) is 5.15. The van der Waals surface area contributed by atoms with E-state index in [4.69, 9.17) is 0 Å². The smallest absolute Gasteiger partial charge is 0.201 e. The number of thioether (sulfide) groups is 1. The molecule has 0 aliphatic carbocycles. The Hall–Kier alpha value is -0.710. The molecule has 0 N–H and O–H groups in total. The number of halogens is 3. The van der Waals surface area contributed by atoms with Gasteiger partial charge in [0.2, 0.25) is 5.95 Å². The third-order valence-corrected chi connectivity index (χ3v) is 1.81. The molecule has 0 saturated carbocycles. The summed E-state index contributed by atoms with van der Waals surface area (Å²) in [5.41, 5.74) is 0. The van der Waals surface area contributed by atoms with Crippen LogP contribution >= 0.6 is 11.8 Å². The molecule has 0 bridgehead atoms. The molecule has 0 amide bonds. The maximum absolute atomic E-state index is 12.6. The topological polar surface area (TPSA) is 12.9 Å². The number of pyridine rings is 1. The molecule has 60 valence electrons. The molecule has 0 atom stereocenters. The molecule has 0 unspecified atom stereocenters. The first kappa shape index (κ1) is 8.39. The van der Waals surface area contributed by atoms with Gasteiger partial charge in [0.1, 0.15) is 0 Å². The SMILES string of the molecule is CSc1cc(F)nc(F)c1F. The van der Waals surface area contributed by atoms with Gasteiger partial charge in [0.05, 0.1) is 4.90 Å². The Bertz CT molecular complexity index is 277. The maximum Gasteiger partial charge on any atom is 0.252 e. The summed E-state index contributed by atoms with van der Waals surface area (Å²) in [5.74, 6) is -3.50. The van der Waals surface area contributed by atoms with Crippen LogP contribution in [-0.2, 0) is 0 Å². The van der Waals surface area contributed by atoms with E-state index in [1.807, 2.05) is 0 Å². The fourth-order valence-electron chi connectivity index (χ4n) is 0.597. The van der Waals surface area contributed by atoms with Crippen LogP contribution in [0.15, 0.2) is 11.0 Å². The molecule has 0 fully saturated rings. The molecule has 1 aromatic heterocycles. The van der Waals surface area contributed by atoms with Crippen LogP contribution in [-0.4, -0.2) is 11.2 Å².